The average molecular weight is 231 g/mol. The average Bonchev–Trinajstić information content (AvgIpc) is 2.04. The number of halogens is 1. The van der Waals surface area contributed by atoms with Crippen molar-refractivity contribution in [3.8, 4) is 0 Å². The first kappa shape index (κ1) is 9.64. The normalized spacial score (nSPS) is 15.7. The van der Waals surface area contributed by atoms with Crippen molar-refractivity contribution in [2.45, 2.75) is 19.1 Å². The number of aliphatic hydroxyl groups is 1. The molecule has 3 N–H and O–H groups in total. The largest absolute Gasteiger partial charge is 0.391 e. The minimum Gasteiger partial charge on any atom is -0.391 e. The molecule has 1 aromatic heterocycles. The van der Waals surface area contributed by atoms with Crippen LogP contribution in [0.3, 0.4) is 0 Å². The fourth-order valence-corrected chi connectivity index (χ4v) is 1.38. The van der Waals surface area contributed by atoms with Crippen LogP contribution in [0.5, 0.6) is 0 Å². The molecule has 0 bridgehead atoms. The van der Waals surface area contributed by atoms with Gasteiger partial charge in [0.15, 0.2) is 0 Å². The summed E-state index contributed by atoms with van der Waals surface area (Å²) >= 11 is 3.33. The van der Waals surface area contributed by atoms with Crippen LogP contribution in [0.25, 0.3) is 0 Å². The van der Waals surface area contributed by atoms with Gasteiger partial charge in [0.25, 0.3) is 0 Å². The Hall–Kier alpha value is -0.450. The molecule has 1 aromatic rings. The van der Waals surface area contributed by atoms with Gasteiger partial charge in [-0.25, -0.2) is 0 Å². The Morgan fingerprint density at radius 2 is 2.33 bits per heavy atom. The number of aliphatic hydroxyl groups excluding tert-OH is 1. The Morgan fingerprint density at radius 3 is 2.83 bits per heavy atom. The Bertz CT molecular complexity index is 265. The van der Waals surface area contributed by atoms with Gasteiger partial charge in [0.05, 0.1) is 12.1 Å². The first-order valence-corrected chi connectivity index (χ1v) is 4.45. The first-order valence-electron chi connectivity index (χ1n) is 3.66. The molecular weight excluding hydrogens is 220 g/mol. The highest BCUT2D eigenvalue weighted by atomic mass is 79.9. The SMILES string of the molecule is C[C@H](O)[C@@H](N)c1cnccc1Br. The van der Waals surface area contributed by atoms with Crippen LogP contribution in [0.4, 0.5) is 0 Å². The number of nitrogens with two attached hydrogens (primary N) is 1. The maximum absolute atomic E-state index is 9.23. The number of rotatable bonds is 2. The van der Waals surface area contributed by atoms with Crippen LogP contribution < -0.4 is 5.73 Å². The lowest BCUT2D eigenvalue weighted by atomic mass is 10.1. The van der Waals surface area contributed by atoms with Crippen molar-refractivity contribution >= 4 is 15.9 Å². The second-order valence-corrected chi connectivity index (χ2v) is 3.52. The van der Waals surface area contributed by atoms with Crippen molar-refractivity contribution in [1.29, 1.82) is 0 Å². The van der Waals surface area contributed by atoms with Crippen LogP contribution in [0.2, 0.25) is 0 Å². The van der Waals surface area contributed by atoms with Crippen LogP contribution in [0.15, 0.2) is 22.9 Å². The van der Waals surface area contributed by atoms with Crippen LogP contribution in [0.1, 0.15) is 18.5 Å². The van der Waals surface area contributed by atoms with Crippen molar-refractivity contribution in [2.24, 2.45) is 5.73 Å². The number of hydrogen-bond donors (Lipinski definition) is 2. The predicted molar refractivity (Wildman–Crippen MR) is 50.5 cm³/mol. The summed E-state index contributed by atoms with van der Waals surface area (Å²) in [5.41, 5.74) is 6.55. The van der Waals surface area contributed by atoms with Crippen molar-refractivity contribution < 1.29 is 5.11 Å². The smallest absolute Gasteiger partial charge is 0.0705 e. The summed E-state index contributed by atoms with van der Waals surface area (Å²) in [6.45, 7) is 1.66. The molecule has 3 nitrogen and oxygen atoms in total. The van der Waals surface area contributed by atoms with Crippen molar-refractivity contribution in [3.05, 3.63) is 28.5 Å². The molecule has 0 fully saturated rings. The topological polar surface area (TPSA) is 59.1 Å². The molecule has 12 heavy (non-hydrogen) atoms. The lowest BCUT2D eigenvalue weighted by molar-refractivity contribution is 0.164. The molecule has 0 aromatic carbocycles. The van der Waals surface area contributed by atoms with Gasteiger partial charge < -0.3 is 10.8 Å². The van der Waals surface area contributed by atoms with E-state index < -0.39 is 6.10 Å². The van der Waals surface area contributed by atoms with E-state index >= 15 is 0 Å². The highest BCUT2D eigenvalue weighted by Crippen LogP contribution is 2.22. The van der Waals surface area contributed by atoms with E-state index in [0.717, 1.165) is 10.0 Å². The third-order valence-electron chi connectivity index (χ3n) is 1.68. The van der Waals surface area contributed by atoms with E-state index in [2.05, 4.69) is 20.9 Å². The molecule has 2 atom stereocenters. The molecule has 66 valence electrons. The van der Waals surface area contributed by atoms with Crippen LogP contribution in [-0.2, 0) is 0 Å². The molecule has 4 heteroatoms. The second-order valence-electron chi connectivity index (χ2n) is 2.66. The van der Waals surface area contributed by atoms with Crippen LogP contribution >= 0.6 is 15.9 Å². The Morgan fingerprint density at radius 1 is 1.67 bits per heavy atom. The van der Waals surface area contributed by atoms with Gasteiger partial charge in [0, 0.05) is 22.4 Å². The summed E-state index contributed by atoms with van der Waals surface area (Å²) in [5.74, 6) is 0. The fourth-order valence-electron chi connectivity index (χ4n) is 0.895. The number of hydrogen-bond acceptors (Lipinski definition) is 3. The highest BCUT2D eigenvalue weighted by Gasteiger charge is 2.14. The van der Waals surface area contributed by atoms with Crippen molar-refractivity contribution in [3.63, 3.8) is 0 Å². The van der Waals surface area contributed by atoms with E-state index in [0.29, 0.717) is 0 Å². The third kappa shape index (κ3) is 2.03. The Balaban J connectivity index is 2.94. The summed E-state index contributed by atoms with van der Waals surface area (Å²) < 4.78 is 0.880. The zero-order valence-electron chi connectivity index (χ0n) is 6.74. The summed E-state index contributed by atoms with van der Waals surface area (Å²) in [5, 5.41) is 9.23. The fraction of sp³-hybridized carbons (Fsp3) is 0.375. The first-order chi connectivity index (χ1) is 5.63. The standard InChI is InChI=1S/C8H11BrN2O/c1-5(12)8(10)6-4-11-3-2-7(6)9/h2-5,8,12H,10H2,1H3/t5-,8+/m0/s1. The molecule has 0 spiro atoms. The van der Waals surface area contributed by atoms with Crippen molar-refractivity contribution in [2.75, 3.05) is 0 Å². The lowest BCUT2D eigenvalue weighted by Crippen LogP contribution is -2.23. The maximum Gasteiger partial charge on any atom is 0.0705 e. The molecule has 0 saturated carbocycles. The molecule has 0 aliphatic heterocycles. The van der Waals surface area contributed by atoms with E-state index in [-0.39, 0.29) is 6.04 Å². The van der Waals surface area contributed by atoms with Crippen LogP contribution in [0, 0.1) is 0 Å². The molecule has 0 radical (unpaired) electrons. The van der Waals surface area contributed by atoms with Crippen molar-refractivity contribution in [1.82, 2.24) is 4.98 Å². The molecule has 0 amide bonds. The van der Waals surface area contributed by atoms with Crippen LogP contribution in [-0.4, -0.2) is 16.2 Å². The maximum atomic E-state index is 9.23. The van der Waals surface area contributed by atoms with E-state index in [9.17, 15) is 5.11 Å². The van der Waals surface area contributed by atoms with Gasteiger partial charge in [-0.15, -0.1) is 0 Å². The van der Waals surface area contributed by atoms with Gasteiger partial charge in [-0.1, -0.05) is 15.9 Å². The zero-order valence-corrected chi connectivity index (χ0v) is 8.32. The summed E-state index contributed by atoms with van der Waals surface area (Å²) in [6.07, 6.45) is 2.76. The van der Waals surface area contributed by atoms with Gasteiger partial charge in [-0.3, -0.25) is 4.98 Å². The molecule has 1 rings (SSSR count). The van der Waals surface area contributed by atoms with Gasteiger partial charge >= 0.3 is 0 Å². The molecule has 1 heterocycles. The summed E-state index contributed by atoms with van der Waals surface area (Å²) in [6, 6.07) is 1.42. The van der Waals surface area contributed by atoms with Gasteiger partial charge in [0.2, 0.25) is 0 Å². The molecule has 0 aliphatic carbocycles. The lowest BCUT2D eigenvalue weighted by Gasteiger charge is -2.15. The quantitative estimate of drug-likeness (QED) is 0.804. The molecule has 0 saturated heterocycles. The highest BCUT2D eigenvalue weighted by molar-refractivity contribution is 9.10. The van der Waals surface area contributed by atoms with Gasteiger partial charge in [0.1, 0.15) is 0 Å². The monoisotopic (exact) mass is 230 g/mol. The van der Waals surface area contributed by atoms with E-state index in [1.165, 1.54) is 0 Å². The summed E-state index contributed by atoms with van der Waals surface area (Å²) in [4.78, 5) is 3.93. The summed E-state index contributed by atoms with van der Waals surface area (Å²) in [7, 11) is 0. The minimum atomic E-state index is -0.564. The van der Waals surface area contributed by atoms with E-state index in [4.69, 9.17) is 5.73 Å². The molecule has 0 aliphatic rings. The number of aromatic nitrogens is 1. The van der Waals surface area contributed by atoms with Gasteiger partial charge in [-0.2, -0.15) is 0 Å². The number of nitrogens with zero attached hydrogens (tertiary/aromatic N) is 1. The van der Waals surface area contributed by atoms with E-state index in [1.54, 1.807) is 25.4 Å². The Labute approximate surface area is 79.7 Å². The number of pyridine rings is 1. The predicted octanol–water partition coefficient (Wildman–Crippen LogP) is 1.22. The Kier molecular flexibility index (Phi) is 3.20. The van der Waals surface area contributed by atoms with E-state index in [1.807, 2.05) is 0 Å². The third-order valence-corrected chi connectivity index (χ3v) is 2.40. The van der Waals surface area contributed by atoms with Gasteiger partial charge in [-0.05, 0) is 13.0 Å². The molecule has 0 unspecified atom stereocenters. The minimum absolute atomic E-state index is 0.381. The zero-order chi connectivity index (χ0) is 9.14. The second kappa shape index (κ2) is 3.98. The molecular formula is C8H11BrN2O.